The van der Waals surface area contributed by atoms with E-state index in [1.165, 1.54) is 7.11 Å². The molecule has 0 unspecified atom stereocenters. The van der Waals surface area contributed by atoms with Crippen LogP contribution in [0.15, 0.2) is 18.2 Å². The first-order valence-electron chi connectivity index (χ1n) is 5.42. The van der Waals surface area contributed by atoms with E-state index in [1.807, 2.05) is 0 Å². The fraction of sp³-hybridized carbons (Fsp3) is 0.417. The SMILES string of the molecule is COc1ccc(Cl)cc1C(=O)N1CC[C@H](O)C1. The van der Waals surface area contributed by atoms with Crippen molar-refractivity contribution in [1.82, 2.24) is 4.90 Å². The van der Waals surface area contributed by atoms with Crippen LogP contribution in [0.3, 0.4) is 0 Å². The van der Waals surface area contributed by atoms with Crippen LogP contribution in [-0.4, -0.2) is 42.2 Å². The molecule has 0 spiro atoms. The van der Waals surface area contributed by atoms with Gasteiger partial charge in [-0.15, -0.1) is 0 Å². The molecule has 0 aliphatic carbocycles. The van der Waals surface area contributed by atoms with Crippen molar-refractivity contribution in [2.75, 3.05) is 20.2 Å². The number of benzene rings is 1. The number of ether oxygens (including phenoxy) is 1. The Bertz CT molecular complexity index is 436. The van der Waals surface area contributed by atoms with E-state index >= 15 is 0 Å². The number of amides is 1. The van der Waals surface area contributed by atoms with Crippen LogP contribution in [0.25, 0.3) is 0 Å². The van der Waals surface area contributed by atoms with Crippen molar-refractivity contribution in [2.45, 2.75) is 12.5 Å². The molecule has 0 aromatic heterocycles. The Labute approximate surface area is 105 Å². The van der Waals surface area contributed by atoms with Crippen molar-refractivity contribution in [3.63, 3.8) is 0 Å². The van der Waals surface area contributed by atoms with Crippen LogP contribution >= 0.6 is 11.6 Å². The zero-order valence-electron chi connectivity index (χ0n) is 9.52. The summed E-state index contributed by atoms with van der Waals surface area (Å²) in [5.41, 5.74) is 0.439. The third-order valence-corrected chi connectivity index (χ3v) is 3.08. The molecule has 1 aromatic rings. The second-order valence-electron chi connectivity index (χ2n) is 4.04. The number of methoxy groups -OCH3 is 1. The Balaban J connectivity index is 2.26. The maximum atomic E-state index is 12.2. The molecule has 1 aromatic carbocycles. The smallest absolute Gasteiger partial charge is 0.257 e. The van der Waals surface area contributed by atoms with Gasteiger partial charge in [-0.2, -0.15) is 0 Å². The number of carbonyl (C=O) groups excluding carboxylic acids is 1. The van der Waals surface area contributed by atoms with Gasteiger partial charge in [0.25, 0.3) is 5.91 Å². The largest absolute Gasteiger partial charge is 0.496 e. The van der Waals surface area contributed by atoms with Crippen LogP contribution < -0.4 is 4.74 Å². The maximum Gasteiger partial charge on any atom is 0.257 e. The zero-order chi connectivity index (χ0) is 12.4. The Kier molecular flexibility index (Phi) is 3.54. The lowest BCUT2D eigenvalue weighted by Gasteiger charge is -2.17. The zero-order valence-corrected chi connectivity index (χ0v) is 10.3. The molecule has 4 nitrogen and oxygen atoms in total. The molecule has 0 radical (unpaired) electrons. The normalized spacial score (nSPS) is 19.5. The number of rotatable bonds is 2. The Hall–Kier alpha value is -1.26. The highest BCUT2D eigenvalue weighted by atomic mass is 35.5. The molecule has 1 aliphatic heterocycles. The quantitative estimate of drug-likeness (QED) is 0.873. The number of aliphatic hydroxyl groups is 1. The number of nitrogens with zero attached hydrogens (tertiary/aromatic N) is 1. The Morgan fingerprint density at radius 3 is 2.94 bits per heavy atom. The number of hydrogen-bond donors (Lipinski definition) is 1. The fourth-order valence-corrected chi connectivity index (χ4v) is 2.12. The number of carbonyl (C=O) groups is 1. The van der Waals surface area contributed by atoms with E-state index in [9.17, 15) is 9.90 Å². The standard InChI is InChI=1S/C12H14ClNO3/c1-17-11-3-2-8(13)6-10(11)12(16)14-5-4-9(15)7-14/h2-3,6,9,15H,4-5,7H2,1H3/t9-/m0/s1. The van der Waals surface area contributed by atoms with Crippen LogP contribution in [0.4, 0.5) is 0 Å². The highest BCUT2D eigenvalue weighted by molar-refractivity contribution is 6.31. The number of hydrogen-bond acceptors (Lipinski definition) is 3. The van der Waals surface area contributed by atoms with Gasteiger partial charge < -0.3 is 14.7 Å². The summed E-state index contributed by atoms with van der Waals surface area (Å²) in [4.78, 5) is 13.8. The number of aliphatic hydroxyl groups excluding tert-OH is 1. The van der Waals surface area contributed by atoms with Gasteiger partial charge in [-0.05, 0) is 24.6 Å². The topological polar surface area (TPSA) is 49.8 Å². The van der Waals surface area contributed by atoms with Gasteiger partial charge in [0.15, 0.2) is 0 Å². The molecule has 1 saturated heterocycles. The molecular formula is C12H14ClNO3. The molecule has 1 heterocycles. The highest BCUT2D eigenvalue weighted by Crippen LogP contribution is 2.25. The van der Waals surface area contributed by atoms with Crippen molar-refractivity contribution < 1.29 is 14.6 Å². The van der Waals surface area contributed by atoms with Gasteiger partial charge in [-0.1, -0.05) is 11.6 Å². The van der Waals surface area contributed by atoms with Crippen LogP contribution in [0.5, 0.6) is 5.75 Å². The summed E-state index contributed by atoms with van der Waals surface area (Å²) in [6.45, 7) is 0.935. The van der Waals surface area contributed by atoms with E-state index in [0.717, 1.165) is 0 Å². The monoisotopic (exact) mass is 255 g/mol. The molecule has 2 rings (SSSR count). The maximum absolute atomic E-state index is 12.2. The minimum atomic E-state index is -0.427. The molecular weight excluding hydrogens is 242 g/mol. The summed E-state index contributed by atoms with van der Waals surface area (Å²) in [7, 11) is 1.51. The van der Waals surface area contributed by atoms with Crippen LogP contribution in [0.1, 0.15) is 16.8 Å². The van der Waals surface area contributed by atoms with Gasteiger partial charge in [0.05, 0.1) is 18.8 Å². The summed E-state index contributed by atoms with van der Waals surface area (Å²) in [5.74, 6) is 0.349. The Morgan fingerprint density at radius 2 is 2.35 bits per heavy atom. The van der Waals surface area contributed by atoms with Crippen LogP contribution in [-0.2, 0) is 0 Å². The van der Waals surface area contributed by atoms with Gasteiger partial charge in [-0.3, -0.25) is 4.79 Å². The predicted molar refractivity (Wildman–Crippen MR) is 64.5 cm³/mol. The van der Waals surface area contributed by atoms with Gasteiger partial charge >= 0.3 is 0 Å². The van der Waals surface area contributed by atoms with Gasteiger partial charge in [0.1, 0.15) is 5.75 Å². The number of halogens is 1. The van der Waals surface area contributed by atoms with Crippen molar-refractivity contribution >= 4 is 17.5 Å². The van der Waals surface area contributed by atoms with Gasteiger partial charge in [0, 0.05) is 18.1 Å². The average molecular weight is 256 g/mol. The molecule has 0 saturated carbocycles. The van der Waals surface area contributed by atoms with Gasteiger partial charge in [-0.25, -0.2) is 0 Å². The lowest BCUT2D eigenvalue weighted by Crippen LogP contribution is -2.29. The third kappa shape index (κ3) is 2.53. The van der Waals surface area contributed by atoms with Crippen molar-refractivity contribution in [3.8, 4) is 5.75 Å². The first-order chi connectivity index (χ1) is 8.11. The molecule has 17 heavy (non-hydrogen) atoms. The molecule has 1 atom stereocenters. The second kappa shape index (κ2) is 4.94. The van der Waals surface area contributed by atoms with Crippen molar-refractivity contribution in [2.24, 2.45) is 0 Å². The third-order valence-electron chi connectivity index (χ3n) is 2.84. The minimum absolute atomic E-state index is 0.152. The summed E-state index contributed by atoms with van der Waals surface area (Å²) in [5, 5.41) is 9.92. The lowest BCUT2D eigenvalue weighted by molar-refractivity contribution is 0.0761. The van der Waals surface area contributed by atoms with E-state index in [2.05, 4.69) is 0 Å². The average Bonchev–Trinajstić information content (AvgIpc) is 2.75. The van der Waals surface area contributed by atoms with E-state index in [0.29, 0.717) is 35.8 Å². The predicted octanol–water partition coefficient (Wildman–Crippen LogP) is 1.56. The Morgan fingerprint density at radius 1 is 1.59 bits per heavy atom. The molecule has 5 heteroatoms. The summed E-state index contributed by atoms with van der Waals surface area (Å²) in [6, 6.07) is 4.94. The van der Waals surface area contributed by atoms with E-state index in [1.54, 1.807) is 23.1 Å². The number of likely N-dealkylation sites (tertiary alicyclic amines) is 1. The van der Waals surface area contributed by atoms with E-state index < -0.39 is 6.10 Å². The molecule has 0 bridgehead atoms. The highest BCUT2D eigenvalue weighted by Gasteiger charge is 2.27. The van der Waals surface area contributed by atoms with E-state index in [-0.39, 0.29) is 5.91 Å². The summed E-state index contributed by atoms with van der Waals surface area (Å²) in [6.07, 6.45) is 0.193. The van der Waals surface area contributed by atoms with E-state index in [4.69, 9.17) is 16.3 Å². The molecule has 1 fully saturated rings. The molecule has 92 valence electrons. The van der Waals surface area contributed by atoms with Crippen LogP contribution in [0, 0.1) is 0 Å². The molecule has 1 N–H and O–H groups in total. The minimum Gasteiger partial charge on any atom is -0.496 e. The lowest BCUT2D eigenvalue weighted by atomic mass is 10.1. The fourth-order valence-electron chi connectivity index (χ4n) is 1.94. The van der Waals surface area contributed by atoms with Crippen molar-refractivity contribution in [1.29, 1.82) is 0 Å². The first kappa shape index (κ1) is 12.2. The first-order valence-corrected chi connectivity index (χ1v) is 5.80. The molecule has 1 amide bonds. The molecule has 1 aliphatic rings. The second-order valence-corrected chi connectivity index (χ2v) is 4.47. The summed E-state index contributed by atoms with van der Waals surface area (Å²) >= 11 is 5.88. The van der Waals surface area contributed by atoms with Crippen LogP contribution in [0.2, 0.25) is 5.02 Å². The number of β-amino-alcohol motifs (C(OH)–C–C–N with tert-alkyl or cyclic N) is 1. The van der Waals surface area contributed by atoms with Gasteiger partial charge in [0.2, 0.25) is 0 Å². The van der Waals surface area contributed by atoms with Crippen molar-refractivity contribution in [3.05, 3.63) is 28.8 Å². The summed E-state index contributed by atoms with van der Waals surface area (Å²) < 4.78 is 5.14.